The molecule has 0 aliphatic carbocycles. The van der Waals surface area contributed by atoms with E-state index in [-0.39, 0.29) is 36.2 Å². The first-order valence-electron chi connectivity index (χ1n) is 26.3. The second-order valence-corrected chi connectivity index (χ2v) is 18.8. The van der Waals surface area contributed by atoms with E-state index in [1.807, 2.05) is 21.1 Å². The van der Waals surface area contributed by atoms with Crippen molar-refractivity contribution in [2.24, 2.45) is 0 Å². The van der Waals surface area contributed by atoms with Crippen LogP contribution in [0, 0.1) is 0 Å². The molecule has 0 saturated carbocycles. The number of allylic oxidation sites excluding steroid dienone is 10. The van der Waals surface area contributed by atoms with E-state index in [1.54, 1.807) is 0 Å². The third kappa shape index (κ3) is 44.2. The molecule has 0 fully saturated rings. The number of rotatable bonds is 47. The van der Waals surface area contributed by atoms with Gasteiger partial charge >= 0.3 is 17.9 Å². The molecule has 0 saturated heterocycles. The van der Waals surface area contributed by atoms with Crippen molar-refractivity contribution >= 4 is 17.9 Å². The van der Waals surface area contributed by atoms with Crippen molar-refractivity contribution in [2.45, 2.75) is 238 Å². The van der Waals surface area contributed by atoms with Gasteiger partial charge in [0, 0.05) is 19.3 Å². The van der Waals surface area contributed by atoms with Gasteiger partial charge in [0.05, 0.1) is 34.4 Å². The molecule has 370 valence electrons. The van der Waals surface area contributed by atoms with E-state index < -0.39 is 18.1 Å². The Labute approximate surface area is 394 Å². The summed E-state index contributed by atoms with van der Waals surface area (Å²) < 4.78 is 17.3. The van der Waals surface area contributed by atoms with Crippen LogP contribution in [0.25, 0.3) is 0 Å². The molecule has 64 heavy (non-hydrogen) atoms. The molecule has 0 aromatic heterocycles. The molecule has 0 aliphatic rings. The minimum atomic E-state index is -0.878. The third-order valence-corrected chi connectivity index (χ3v) is 11.7. The van der Waals surface area contributed by atoms with Crippen molar-refractivity contribution in [3.63, 3.8) is 0 Å². The van der Waals surface area contributed by atoms with Crippen LogP contribution in [0.3, 0.4) is 0 Å². The standard InChI is InChI=1S/C56H99NO7/c1-6-8-10-12-14-16-18-20-22-24-26-27-28-29-31-33-35-37-39-41-43-45-47-55(59)64-52(50-62-49-48-53(56(60)61)57(3,4)5)51-63-54(58)46-44-42-40-38-36-34-32-30-25-23-21-19-17-15-13-11-9-7-2/h14,16,20,22-23,25-27,30,32,52-53H,6-13,15,17-19,21,24,28-29,31,33-51H2,1-5H3/p+1/b16-14+,22-20+,25-23+,27-26+,32-30+. The van der Waals surface area contributed by atoms with E-state index in [2.05, 4.69) is 74.6 Å². The number of hydrogen-bond acceptors (Lipinski definition) is 6. The molecule has 0 amide bonds. The topological polar surface area (TPSA) is 99.1 Å². The van der Waals surface area contributed by atoms with Crippen molar-refractivity contribution in [3.05, 3.63) is 60.8 Å². The number of esters is 2. The van der Waals surface area contributed by atoms with Crippen molar-refractivity contribution < 1.29 is 38.2 Å². The van der Waals surface area contributed by atoms with Gasteiger partial charge in [0.15, 0.2) is 12.1 Å². The number of carboxylic acids is 1. The van der Waals surface area contributed by atoms with Crippen molar-refractivity contribution in [1.82, 2.24) is 0 Å². The second kappa shape index (κ2) is 46.6. The van der Waals surface area contributed by atoms with Gasteiger partial charge < -0.3 is 23.8 Å². The van der Waals surface area contributed by atoms with Crippen molar-refractivity contribution in [1.29, 1.82) is 0 Å². The van der Waals surface area contributed by atoms with Crippen LogP contribution in [-0.2, 0) is 28.6 Å². The van der Waals surface area contributed by atoms with E-state index in [1.165, 1.54) is 116 Å². The van der Waals surface area contributed by atoms with Gasteiger partial charge in [0.2, 0.25) is 0 Å². The Hall–Kier alpha value is -2.97. The highest BCUT2D eigenvalue weighted by Gasteiger charge is 2.31. The number of likely N-dealkylation sites (N-methyl/N-ethyl adjacent to an activating group) is 1. The molecule has 0 spiro atoms. The van der Waals surface area contributed by atoms with Crippen LogP contribution in [0.1, 0.15) is 226 Å². The first kappa shape index (κ1) is 61.0. The summed E-state index contributed by atoms with van der Waals surface area (Å²) in [5.74, 6) is -1.49. The number of nitrogens with zero attached hydrogens (tertiary/aromatic N) is 1. The van der Waals surface area contributed by atoms with Gasteiger partial charge in [0.1, 0.15) is 6.61 Å². The number of unbranched alkanes of at least 4 members (excludes halogenated alkanes) is 24. The van der Waals surface area contributed by atoms with Gasteiger partial charge in [-0.3, -0.25) is 9.59 Å². The minimum Gasteiger partial charge on any atom is -0.477 e. The number of hydrogen-bond donors (Lipinski definition) is 1. The number of carboxylic acid groups (broad SMARTS) is 1. The highest BCUT2D eigenvalue weighted by Crippen LogP contribution is 2.15. The molecule has 0 aromatic rings. The minimum absolute atomic E-state index is 0.0525. The fourth-order valence-electron chi connectivity index (χ4n) is 7.56. The molecule has 8 nitrogen and oxygen atoms in total. The van der Waals surface area contributed by atoms with Crippen LogP contribution in [0.5, 0.6) is 0 Å². The largest absolute Gasteiger partial charge is 0.477 e. The molecule has 0 heterocycles. The molecular weight excluding hydrogens is 799 g/mol. The average molecular weight is 899 g/mol. The van der Waals surface area contributed by atoms with Gasteiger partial charge in [-0.15, -0.1) is 0 Å². The molecule has 2 unspecified atom stereocenters. The van der Waals surface area contributed by atoms with E-state index in [0.717, 1.165) is 77.0 Å². The maximum Gasteiger partial charge on any atom is 0.362 e. The molecule has 0 bridgehead atoms. The summed E-state index contributed by atoms with van der Waals surface area (Å²) in [5.41, 5.74) is 0. The fourth-order valence-corrected chi connectivity index (χ4v) is 7.56. The second-order valence-electron chi connectivity index (χ2n) is 18.8. The first-order chi connectivity index (χ1) is 31.1. The monoisotopic (exact) mass is 899 g/mol. The van der Waals surface area contributed by atoms with E-state index in [9.17, 15) is 19.5 Å². The summed E-state index contributed by atoms with van der Waals surface area (Å²) in [4.78, 5) is 37.2. The maximum absolute atomic E-state index is 12.8. The fraction of sp³-hybridized carbons (Fsp3) is 0.768. The lowest BCUT2D eigenvalue weighted by Crippen LogP contribution is -2.50. The quantitative estimate of drug-likeness (QED) is 0.0213. The third-order valence-electron chi connectivity index (χ3n) is 11.7. The lowest BCUT2D eigenvalue weighted by molar-refractivity contribution is -0.887. The van der Waals surface area contributed by atoms with Gasteiger partial charge in [0.25, 0.3) is 0 Å². The lowest BCUT2D eigenvalue weighted by atomic mass is 10.1. The van der Waals surface area contributed by atoms with Crippen LogP contribution in [0.4, 0.5) is 0 Å². The number of aliphatic carboxylic acids is 1. The number of quaternary nitrogens is 1. The Balaban J connectivity index is 4.28. The zero-order valence-corrected chi connectivity index (χ0v) is 42.2. The maximum atomic E-state index is 12.8. The Bertz CT molecular complexity index is 1230. The zero-order valence-electron chi connectivity index (χ0n) is 42.2. The van der Waals surface area contributed by atoms with Crippen LogP contribution in [0.15, 0.2) is 60.8 Å². The molecule has 2 atom stereocenters. The van der Waals surface area contributed by atoms with Crippen molar-refractivity contribution in [3.8, 4) is 0 Å². The molecule has 8 heteroatoms. The van der Waals surface area contributed by atoms with E-state index in [4.69, 9.17) is 14.2 Å². The van der Waals surface area contributed by atoms with Gasteiger partial charge in [-0.1, -0.05) is 190 Å². The Morgan fingerprint density at radius 1 is 0.484 bits per heavy atom. The van der Waals surface area contributed by atoms with Gasteiger partial charge in [-0.25, -0.2) is 4.79 Å². The Morgan fingerprint density at radius 3 is 1.34 bits per heavy atom. The Kier molecular flexibility index (Phi) is 44.4. The summed E-state index contributed by atoms with van der Waals surface area (Å²) in [6, 6.07) is -0.621. The van der Waals surface area contributed by atoms with Gasteiger partial charge in [-0.05, 0) is 77.0 Å². The predicted octanol–water partition coefficient (Wildman–Crippen LogP) is 15.3. The number of carbonyl (C=O) groups is 3. The summed E-state index contributed by atoms with van der Waals surface area (Å²) in [6.45, 7) is 4.70. The number of carbonyl (C=O) groups excluding carboxylic acids is 2. The van der Waals surface area contributed by atoms with Crippen LogP contribution in [0.2, 0.25) is 0 Å². The van der Waals surface area contributed by atoms with E-state index >= 15 is 0 Å². The normalized spacial score (nSPS) is 13.3. The molecule has 0 aromatic carbocycles. The summed E-state index contributed by atoms with van der Waals surface area (Å²) >= 11 is 0. The predicted molar refractivity (Wildman–Crippen MR) is 271 cm³/mol. The molecule has 0 radical (unpaired) electrons. The lowest BCUT2D eigenvalue weighted by Gasteiger charge is -2.31. The first-order valence-corrected chi connectivity index (χ1v) is 26.3. The van der Waals surface area contributed by atoms with Crippen molar-refractivity contribution in [2.75, 3.05) is 41.0 Å². The molecule has 1 N–H and O–H groups in total. The summed E-state index contributed by atoms with van der Waals surface area (Å²) in [7, 11) is 5.53. The summed E-state index contributed by atoms with van der Waals surface area (Å²) in [6.07, 6.45) is 58.4. The highest BCUT2D eigenvalue weighted by molar-refractivity contribution is 5.72. The molecule has 0 rings (SSSR count). The van der Waals surface area contributed by atoms with Gasteiger partial charge in [-0.2, -0.15) is 0 Å². The molecule has 0 aliphatic heterocycles. The van der Waals surface area contributed by atoms with E-state index in [0.29, 0.717) is 19.3 Å². The van der Waals surface area contributed by atoms with Crippen LogP contribution >= 0.6 is 0 Å². The van der Waals surface area contributed by atoms with Crippen LogP contribution in [-0.4, -0.2) is 80.6 Å². The van der Waals surface area contributed by atoms with Crippen LogP contribution < -0.4 is 0 Å². The average Bonchev–Trinajstić information content (AvgIpc) is 3.26. The smallest absolute Gasteiger partial charge is 0.362 e. The highest BCUT2D eigenvalue weighted by atomic mass is 16.6. The zero-order chi connectivity index (χ0) is 47.0. The summed E-state index contributed by atoms with van der Waals surface area (Å²) in [5, 5.41) is 9.66. The molecular formula is C56H100NO7+. The SMILES string of the molecule is CCCCC/C=C/C/C=C/C/C=C/CCCCCCCCCCCC(=O)OC(COCCC(C(=O)O)[N+](C)(C)C)COC(=O)CCCCCCC/C=C/C=C/CCCCCCCCC. The number of ether oxygens (including phenoxy) is 3. The Morgan fingerprint density at radius 2 is 0.875 bits per heavy atom.